The third-order valence-electron chi connectivity index (χ3n) is 8.00. The highest BCUT2D eigenvalue weighted by Crippen LogP contribution is 2.36. The summed E-state index contributed by atoms with van der Waals surface area (Å²) in [4.78, 5) is 53.0. The maximum absolute atomic E-state index is 14.0. The van der Waals surface area contributed by atoms with Crippen LogP contribution < -0.4 is 20.3 Å². The van der Waals surface area contributed by atoms with Crippen molar-refractivity contribution >= 4 is 31.3 Å². The summed E-state index contributed by atoms with van der Waals surface area (Å²) < 4.78 is 15.7. The lowest BCUT2D eigenvalue weighted by Crippen LogP contribution is -2.52. The van der Waals surface area contributed by atoms with Crippen molar-refractivity contribution in [2.45, 2.75) is 39.0 Å². The molecule has 226 valence electrons. The standard InChI is InChI=1S/C30H37BN6O6/c1-17(2)26(34-29(39)43-5)28(38)37-16-36(15-23(37)27-32-12-22(33-27)18-6-8-21(31)9-7-18)30(40)35-13-19-10-24(41-3)25(42-4)11-20(19)14-35/h6-12,17,23,26H,13-16,31H2,1-5H3,(H,32,33)(H,34,39)/t23?,26-/m0/s1. The van der Waals surface area contributed by atoms with Gasteiger partial charge < -0.3 is 39.2 Å². The minimum absolute atomic E-state index is 0.0362. The number of rotatable bonds is 7. The fourth-order valence-electron chi connectivity index (χ4n) is 5.56. The number of imidazole rings is 1. The van der Waals surface area contributed by atoms with E-state index in [1.807, 2.05) is 58.1 Å². The first-order chi connectivity index (χ1) is 20.6. The maximum atomic E-state index is 14.0. The van der Waals surface area contributed by atoms with Crippen LogP contribution in [0.2, 0.25) is 0 Å². The second-order valence-corrected chi connectivity index (χ2v) is 11.2. The second-order valence-electron chi connectivity index (χ2n) is 11.2. The minimum atomic E-state index is -0.854. The Morgan fingerprint density at radius 1 is 1.00 bits per heavy atom. The molecule has 2 aliphatic heterocycles. The molecule has 13 heteroatoms. The number of nitrogens with zero attached hydrogens (tertiary/aromatic N) is 4. The summed E-state index contributed by atoms with van der Waals surface area (Å²) in [5.41, 5.74) is 4.76. The highest BCUT2D eigenvalue weighted by molar-refractivity contribution is 6.32. The average molecular weight is 588 g/mol. The van der Waals surface area contributed by atoms with Crippen molar-refractivity contribution in [3.63, 3.8) is 0 Å². The Kier molecular flexibility index (Phi) is 8.51. The van der Waals surface area contributed by atoms with Crippen LogP contribution in [0.5, 0.6) is 11.5 Å². The molecule has 3 aromatic rings. The van der Waals surface area contributed by atoms with E-state index in [0.29, 0.717) is 30.4 Å². The molecule has 3 heterocycles. The van der Waals surface area contributed by atoms with Crippen LogP contribution >= 0.6 is 0 Å². The molecule has 0 aliphatic carbocycles. The Labute approximate surface area is 251 Å². The first kappa shape index (κ1) is 29.8. The number of nitrogens with one attached hydrogen (secondary N) is 2. The van der Waals surface area contributed by atoms with Crippen molar-refractivity contribution in [2.24, 2.45) is 5.92 Å². The fourth-order valence-corrected chi connectivity index (χ4v) is 5.56. The van der Waals surface area contributed by atoms with Gasteiger partial charge in [-0.05, 0) is 29.2 Å². The lowest BCUT2D eigenvalue weighted by Gasteiger charge is -2.29. The van der Waals surface area contributed by atoms with Gasteiger partial charge >= 0.3 is 12.1 Å². The van der Waals surface area contributed by atoms with Gasteiger partial charge in [0.15, 0.2) is 11.5 Å². The maximum Gasteiger partial charge on any atom is 0.407 e. The number of urea groups is 1. The van der Waals surface area contributed by atoms with E-state index in [1.165, 1.54) is 7.11 Å². The summed E-state index contributed by atoms with van der Waals surface area (Å²) in [7, 11) is 6.44. The summed E-state index contributed by atoms with van der Waals surface area (Å²) in [6.45, 7) is 4.77. The molecule has 0 saturated carbocycles. The normalized spacial score (nSPS) is 16.7. The number of methoxy groups -OCH3 is 3. The van der Waals surface area contributed by atoms with Crippen molar-refractivity contribution in [1.82, 2.24) is 30.0 Å². The predicted molar refractivity (Wildman–Crippen MR) is 162 cm³/mol. The smallest absolute Gasteiger partial charge is 0.407 e. The van der Waals surface area contributed by atoms with E-state index in [9.17, 15) is 14.4 Å². The zero-order chi connectivity index (χ0) is 30.8. The van der Waals surface area contributed by atoms with Crippen LogP contribution in [0, 0.1) is 5.92 Å². The van der Waals surface area contributed by atoms with Crippen LogP contribution in [0.25, 0.3) is 11.3 Å². The van der Waals surface area contributed by atoms with Gasteiger partial charge in [0, 0.05) is 24.8 Å². The lowest BCUT2D eigenvalue weighted by molar-refractivity contribution is -0.135. The van der Waals surface area contributed by atoms with Gasteiger partial charge in [0.25, 0.3) is 0 Å². The van der Waals surface area contributed by atoms with Gasteiger partial charge in [-0.15, -0.1) is 0 Å². The van der Waals surface area contributed by atoms with Gasteiger partial charge in [-0.1, -0.05) is 43.6 Å². The van der Waals surface area contributed by atoms with Gasteiger partial charge in [0.2, 0.25) is 5.91 Å². The van der Waals surface area contributed by atoms with Gasteiger partial charge in [-0.3, -0.25) is 4.79 Å². The topological polar surface area (TPSA) is 129 Å². The number of fused-ring (bicyclic) bond motifs is 1. The molecule has 4 amide bonds. The average Bonchev–Trinajstić information content (AvgIpc) is 3.76. The van der Waals surface area contributed by atoms with Crippen LogP contribution in [0.1, 0.15) is 36.8 Å². The third-order valence-corrected chi connectivity index (χ3v) is 8.00. The molecule has 1 aromatic heterocycles. The highest BCUT2D eigenvalue weighted by atomic mass is 16.5. The first-order valence-corrected chi connectivity index (χ1v) is 14.2. The number of H-pyrrole nitrogens is 1. The zero-order valence-electron chi connectivity index (χ0n) is 25.3. The molecule has 2 aromatic carbocycles. The van der Waals surface area contributed by atoms with E-state index in [-0.39, 0.29) is 31.1 Å². The third kappa shape index (κ3) is 5.97. The molecule has 0 bridgehead atoms. The molecule has 1 saturated heterocycles. The summed E-state index contributed by atoms with van der Waals surface area (Å²) in [5, 5.41) is 2.66. The molecule has 0 radical (unpaired) electrons. The molecule has 12 nitrogen and oxygen atoms in total. The molecule has 0 spiro atoms. The first-order valence-electron chi connectivity index (χ1n) is 14.2. The quantitative estimate of drug-likeness (QED) is 0.404. The number of carbonyl (C=O) groups is 3. The number of alkyl carbamates (subject to hydrolysis) is 1. The Bertz CT molecular complexity index is 1480. The Morgan fingerprint density at radius 3 is 2.19 bits per heavy atom. The van der Waals surface area contributed by atoms with E-state index in [0.717, 1.165) is 27.8 Å². The number of benzene rings is 2. The molecular weight excluding hydrogens is 551 g/mol. The number of amides is 4. The van der Waals surface area contributed by atoms with Gasteiger partial charge in [0.1, 0.15) is 25.8 Å². The van der Waals surface area contributed by atoms with Gasteiger partial charge in [-0.2, -0.15) is 0 Å². The largest absolute Gasteiger partial charge is 0.493 e. The summed E-state index contributed by atoms with van der Waals surface area (Å²) in [6.07, 6.45) is 1.11. The van der Waals surface area contributed by atoms with Gasteiger partial charge in [-0.25, -0.2) is 14.6 Å². The highest BCUT2D eigenvalue weighted by Gasteiger charge is 2.43. The fraction of sp³-hybridized carbons (Fsp3) is 0.400. The summed E-state index contributed by atoms with van der Waals surface area (Å²) in [6, 6.07) is 10.2. The minimum Gasteiger partial charge on any atom is -0.493 e. The van der Waals surface area contributed by atoms with Gasteiger partial charge in [0.05, 0.1) is 40.2 Å². The Morgan fingerprint density at radius 2 is 1.63 bits per heavy atom. The summed E-state index contributed by atoms with van der Waals surface area (Å²) in [5.74, 6) is 1.21. The number of aromatic amines is 1. The SMILES string of the molecule is Bc1ccc(-c2c[nH]c(C3CN(C(=O)N4Cc5cc(OC)c(OC)cc5C4)CN3C(=O)[C@@H](NC(=O)OC)C(C)C)n2)cc1. The predicted octanol–water partition coefficient (Wildman–Crippen LogP) is 2.01. The molecule has 5 rings (SSSR count). The van der Waals surface area contributed by atoms with Crippen molar-refractivity contribution in [1.29, 1.82) is 0 Å². The lowest BCUT2D eigenvalue weighted by atomic mass is 9.95. The Hall–Kier alpha value is -4.68. The molecule has 2 aliphatic rings. The molecule has 1 fully saturated rings. The van der Waals surface area contributed by atoms with Crippen LogP contribution in [0.3, 0.4) is 0 Å². The number of hydrogen-bond donors (Lipinski definition) is 2. The van der Waals surface area contributed by atoms with Crippen molar-refractivity contribution < 1.29 is 28.6 Å². The molecule has 2 atom stereocenters. The number of carbonyl (C=O) groups excluding carboxylic acids is 3. The number of ether oxygens (including phenoxy) is 3. The Balaban J connectivity index is 1.42. The molecule has 1 unspecified atom stereocenters. The van der Waals surface area contributed by atoms with E-state index in [2.05, 4.69) is 10.3 Å². The van der Waals surface area contributed by atoms with E-state index >= 15 is 0 Å². The van der Waals surface area contributed by atoms with E-state index in [4.69, 9.17) is 19.2 Å². The van der Waals surface area contributed by atoms with Crippen LogP contribution in [-0.4, -0.2) is 91.1 Å². The molecule has 43 heavy (non-hydrogen) atoms. The molecule has 2 N–H and O–H groups in total. The van der Waals surface area contributed by atoms with Crippen LogP contribution in [-0.2, 0) is 22.6 Å². The summed E-state index contributed by atoms with van der Waals surface area (Å²) >= 11 is 0. The van der Waals surface area contributed by atoms with Crippen molar-refractivity contribution in [3.05, 3.63) is 59.5 Å². The van der Waals surface area contributed by atoms with E-state index < -0.39 is 18.2 Å². The zero-order valence-corrected chi connectivity index (χ0v) is 25.3. The van der Waals surface area contributed by atoms with Crippen molar-refractivity contribution in [3.8, 4) is 22.8 Å². The number of aromatic nitrogens is 2. The van der Waals surface area contributed by atoms with Crippen LogP contribution in [0.15, 0.2) is 42.6 Å². The molecular formula is C30H37BN6O6. The van der Waals surface area contributed by atoms with E-state index in [1.54, 1.807) is 35.1 Å². The van der Waals surface area contributed by atoms with Crippen molar-refractivity contribution in [2.75, 3.05) is 34.5 Å². The second kappa shape index (κ2) is 12.3. The van der Waals surface area contributed by atoms with Crippen LogP contribution in [0.4, 0.5) is 9.59 Å². The monoisotopic (exact) mass is 588 g/mol. The number of hydrogen-bond acceptors (Lipinski definition) is 7.